The standard InChI is InChI=1S/C16H19ClN4/c1-11(8-18)10-21-15(12-5-3-2-4-6-12)20-14-7-13(17)9-19-16(14)21/h7,9,11-12H,2-6,10H2,1H3. The molecule has 2 aromatic heterocycles. The lowest BCUT2D eigenvalue weighted by Gasteiger charge is -2.22. The molecule has 21 heavy (non-hydrogen) atoms. The molecular weight excluding hydrogens is 284 g/mol. The van der Waals surface area contributed by atoms with E-state index in [1.54, 1.807) is 6.20 Å². The van der Waals surface area contributed by atoms with Crippen molar-refractivity contribution in [1.82, 2.24) is 14.5 Å². The summed E-state index contributed by atoms with van der Waals surface area (Å²) >= 11 is 6.03. The number of fused-ring (bicyclic) bond motifs is 1. The molecule has 0 spiro atoms. The molecule has 0 radical (unpaired) electrons. The fourth-order valence-corrected chi connectivity index (χ4v) is 3.32. The molecule has 0 aromatic carbocycles. The fraction of sp³-hybridized carbons (Fsp3) is 0.562. The molecule has 0 amide bonds. The van der Waals surface area contributed by atoms with Crippen LogP contribution in [0.1, 0.15) is 50.8 Å². The third kappa shape index (κ3) is 2.89. The minimum absolute atomic E-state index is 0.0535. The lowest BCUT2D eigenvalue weighted by molar-refractivity contribution is 0.411. The zero-order valence-electron chi connectivity index (χ0n) is 12.2. The average Bonchev–Trinajstić information content (AvgIpc) is 2.85. The van der Waals surface area contributed by atoms with Crippen molar-refractivity contribution in [3.8, 4) is 6.07 Å². The highest BCUT2D eigenvalue weighted by Gasteiger charge is 2.23. The van der Waals surface area contributed by atoms with E-state index >= 15 is 0 Å². The quantitative estimate of drug-likeness (QED) is 0.849. The molecule has 1 saturated carbocycles. The van der Waals surface area contributed by atoms with Gasteiger partial charge in [-0.25, -0.2) is 9.97 Å². The first-order valence-corrected chi connectivity index (χ1v) is 7.98. The van der Waals surface area contributed by atoms with Gasteiger partial charge >= 0.3 is 0 Å². The Morgan fingerprint density at radius 1 is 1.43 bits per heavy atom. The molecule has 0 N–H and O–H groups in total. The van der Waals surface area contributed by atoms with E-state index in [9.17, 15) is 0 Å². The molecule has 2 heterocycles. The summed E-state index contributed by atoms with van der Waals surface area (Å²) < 4.78 is 2.13. The van der Waals surface area contributed by atoms with Gasteiger partial charge in [-0.05, 0) is 25.8 Å². The molecule has 2 aromatic rings. The Morgan fingerprint density at radius 3 is 2.90 bits per heavy atom. The number of nitriles is 1. The van der Waals surface area contributed by atoms with Crippen molar-refractivity contribution >= 4 is 22.8 Å². The monoisotopic (exact) mass is 302 g/mol. The van der Waals surface area contributed by atoms with Crippen LogP contribution in [-0.4, -0.2) is 14.5 Å². The maximum atomic E-state index is 9.13. The van der Waals surface area contributed by atoms with E-state index in [0.717, 1.165) is 17.0 Å². The van der Waals surface area contributed by atoms with Crippen LogP contribution in [-0.2, 0) is 6.54 Å². The Bertz CT molecular complexity index is 679. The molecule has 0 aliphatic heterocycles. The van der Waals surface area contributed by atoms with E-state index in [1.807, 2.05) is 13.0 Å². The number of aromatic nitrogens is 3. The minimum Gasteiger partial charge on any atom is -0.311 e. The first-order valence-electron chi connectivity index (χ1n) is 7.60. The molecule has 1 fully saturated rings. The summed E-state index contributed by atoms with van der Waals surface area (Å²) in [7, 11) is 0. The Kier molecular flexibility index (Phi) is 4.12. The maximum absolute atomic E-state index is 9.13. The van der Waals surface area contributed by atoms with Crippen molar-refractivity contribution in [3.63, 3.8) is 0 Å². The topological polar surface area (TPSA) is 54.5 Å². The van der Waals surface area contributed by atoms with E-state index in [4.69, 9.17) is 21.8 Å². The molecule has 1 atom stereocenters. The second-order valence-corrected chi connectivity index (χ2v) is 6.38. The summed E-state index contributed by atoms with van der Waals surface area (Å²) in [6, 6.07) is 4.17. The number of rotatable bonds is 3. The summed E-state index contributed by atoms with van der Waals surface area (Å²) in [5.41, 5.74) is 1.69. The molecule has 4 nitrogen and oxygen atoms in total. The van der Waals surface area contributed by atoms with Crippen molar-refractivity contribution in [2.75, 3.05) is 0 Å². The Balaban J connectivity index is 2.07. The van der Waals surface area contributed by atoms with Gasteiger partial charge in [0.15, 0.2) is 5.65 Å². The van der Waals surface area contributed by atoms with Gasteiger partial charge < -0.3 is 4.57 Å². The Labute approximate surface area is 129 Å². The number of hydrogen-bond donors (Lipinski definition) is 0. The van der Waals surface area contributed by atoms with E-state index in [1.165, 1.54) is 32.1 Å². The van der Waals surface area contributed by atoms with Gasteiger partial charge in [0, 0.05) is 18.7 Å². The number of nitrogens with zero attached hydrogens (tertiary/aromatic N) is 4. The molecule has 3 rings (SSSR count). The van der Waals surface area contributed by atoms with Gasteiger partial charge in [0.2, 0.25) is 0 Å². The predicted molar refractivity (Wildman–Crippen MR) is 83.1 cm³/mol. The van der Waals surface area contributed by atoms with Crippen LogP contribution in [0.25, 0.3) is 11.2 Å². The molecule has 5 heteroatoms. The van der Waals surface area contributed by atoms with Crippen LogP contribution in [0.15, 0.2) is 12.3 Å². The number of halogens is 1. The van der Waals surface area contributed by atoms with Crippen LogP contribution in [0.4, 0.5) is 0 Å². The SMILES string of the molecule is CC(C#N)Cn1c(C2CCCCC2)nc2cc(Cl)cnc21. The van der Waals surface area contributed by atoms with Crippen molar-refractivity contribution in [3.05, 3.63) is 23.1 Å². The van der Waals surface area contributed by atoms with Gasteiger partial charge in [-0.15, -0.1) is 0 Å². The van der Waals surface area contributed by atoms with Gasteiger partial charge in [0.05, 0.1) is 17.0 Å². The van der Waals surface area contributed by atoms with Crippen LogP contribution in [0, 0.1) is 17.2 Å². The lowest BCUT2D eigenvalue weighted by atomic mass is 9.88. The van der Waals surface area contributed by atoms with Gasteiger partial charge in [0.25, 0.3) is 0 Å². The summed E-state index contributed by atoms with van der Waals surface area (Å²) in [4.78, 5) is 9.23. The second kappa shape index (κ2) is 6.03. The summed E-state index contributed by atoms with van der Waals surface area (Å²) in [5, 5.41) is 9.73. The van der Waals surface area contributed by atoms with Gasteiger partial charge in [-0.2, -0.15) is 5.26 Å². The molecule has 1 aliphatic rings. The molecule has 0 saturated heterocycles. The summed E-state index contributed by atoms with van der Waals surface area (Å²) in [6.45, 7) is 2.58. The Morgan fingerprint density at radius 2 is 2.19 bits per heavy atom. The highest BCUT2D eigenvalue weighted by atomic mass is 35.5. The molecule has 1 unspecified atom stereocenters. The average molecular weight is 303 g/mol. The van der Waals surface area contributed by atoms with Crippen molar-refractivity contribution in [2.24, 2.45) is 5.92 Å². The van der Waals surface area contributed by atoms with Gasteiger partial charge in [-0.3, -0.25) is 0 Å². The van der Waals surface area contributed by atoms with Crippen molar-refractivity contribution in [1.29, 1.82) is 5.26 Å². The van der Waals surface area contributed by atoms with E-state index < -0.39 is 0 Å². The first kappa shape index (κ1) is 14.3. The summed E-state index contributed by atoms with van der Waals surface area (Å²) in [5.74, 6) is 1.52. The van der Waals surface area contributed by atoms with Crippen LogP contribution in [0.2, 0.25) is 5.02 Å². The molecule has 110 valence electrons. The van der Waals surface area contributed by atoms with E-state index in [0.29, 0.717) is 17.5 Å². The van der Waals surface area contributed by atoms with Gasteiger partial charge in [0.1, 0.15) is 11.3 Å². The van der Waals surface area contributed by atoms with Crippen LogP contribution in [0.3, 0.4) is 0 Å². The fourth-order valence-electron chi connectivity index (χ4n) is 3.17. The van der Waals surface area contributed by atoms with Crippen molar-refractivity contribution in [2.45, 2.75) is 51.5 Å². The minimum atomic E-state index is -0.0535. The summed E-state index contributed by atoms with van der Waals surface area (Å²) in [6.07, 6.45) is 7.85. The predicted octanol–water partition coefficient (Wildman–Crippen LogP) is 4.29. The number of hydrogen-bond acceptors (Lipinski definition) is 3. The number of pyridine rings is 1. The first-order chi connectivity index (χ1) is 10.2. The van der Waals surface area contributed by atoms with Crippen LogP contribution >= 0.6 is 11.6 Å². The zero-order valence-corrected chi connectivity index (χ0v) is 13.0. The van der Waals surface area contributed by atoms with Crippen LogP contribution in [0.5, 0.6) is 0 Å². The van der Waals surface area contributed by atoms with Crippen LogP contribution < -0.4 is 0 Å². The molecular formula is C16H19ClN4. The smallest absolute Gasteiger partial charge is 0.160 e. The normalized spacial score (nSPS) is 17.8. The highest BCUT2D eigenvalue weighted by molar-refractivity contribution is 6.31. The van der Waals surface area contributed by atoms with E-state index in [-0.39, 0.29) is 5.92 Å². The number of imidazole rings is 1. The van der Waals surface area contributed by atoms with E-state index in [2.05, 4.69) is 15.6 Å². The lowest BCUT2D eigenvalue weighted by Crippen LogP contribution is -2.15. The van der Waals surface area contributed by atoms with Gasteiger partial charge in [-0.1, -0.05) is 30.9 Å². The molecule has 0 bridgehead atoms. The third-order valence-corrected chi connectivity index (χ3v) is 4.43. The van der Waals surface area contributed by atoms with Crippen molar-refractivity contribution < 1.29 is 0 Å². The maximum Gasteiger partial charge on any atom is 0.160 e. The largest absolute Gasteiger partial charge is 0.311 e. The Hall–Kier alpha value is -1.60. The zero-order chi connectivity index (χ0) is 14.8. The third-order valence-electron chi connectivity index (χ3n) is 4.23. The highest BCUT2D eigenvalue weighted by Crippen LogP contribution is 2.34. The molecule has 1 aliphatic carbocycles. The second-order valence-electron chi connectivity index (χ2n) is 5.94.